The lowest BCUT2D eigenvalue weighted by molar-refractivity contribution is 0.0725. The van der Waals surface area contributed by atoms with Gasteiger partial charge >= 0.3 is 0 Å². The van der Waals surface area contributed by atoms with Crippen LogP contribution in [0, 0.1) is 0 Å². The second-order valence-electron chi connectivity index (χ2n) is 9.40. The first-order chi connectivity index (χ1) is 18.0. The molecule has 0 saturated heterocycles. The van der Waals surface area contributed by atoms with Gasteiger partial charge in [-0.25, -0.2) is 13.7 Å². The van der Waals surface area contributed by atoms with E-state index in [-0.39, 0.29) is 12.5 Å². The lowest BCUT2D eigenvalue weighted by atomic mass is 9.97. The van der Waals surface area contributed by atoms with Gasteiger partial charge in [0.05, 0.1) is 41.9 Å². The Bertz CT molecular complexity index is 1620. The van der Waals surface area contributed by atoms with Crippen LogP contribution in [-0.4, -0.2) is 62.2 Å². The van der Waals surface area contributed by atoms with E-state index in [2.05, 4.69) is 31.7 Å². The van der Waals surface area contributed by atoms with Gasteiger partial charge in [0.2, 0.25) is 0 Å². The maximum Gasteiger partial charge on any atom is 0.254 e. The number of halogens is 1. The maximum absolute atomic E-state index is 13.2. The number of imidazole rings is 1. The number of rotatable bonds is 7. The van der Waals surface area contributed by atoms with Crippen molar-refractivity contribution in [2.24, 2.45) is 12.8 Å². The molecule has 5 aromatic rings. The number of hydrogen-bond acceptors (Lipinski definition) is 6. The summed E-state index contributed by atoms with van der Waals surface area (Å²) in [6.45, 7) is 0.712. The molecule has 10 heteroatoms. The molecule has 2 N–H and O–H groups in total. The lowest BCUT2D eigenvalue weighted by Gasteiger charge is -2.30. The van der Waals surface area contributed by atoms with Gasteiger partial charge in [-0.3, -0.25) is 4.79 Å². The maximum atomic E-state index is 13.2. The number of carbonyl (C=O) groups excluding carboxylic acids is 1. The molecule has 0 bridgehead atoms. The van der Waals surface area contributed by atoms with Crippen LogP contribution in [0.4, 0.5) is 4.39 Å². The summed E-state index contributed by atoms with van der Waals surface area (Å²) in [7, 11) is 3.68. The third-order valence-electron chi connectivity index (χ3n) is 7.06. The number of aryl methyl sites for hydroxylation is 1. The van der Waals surface area contributed by atoms with Crippen LogP contribution in [0.1, 0.15) is 20.8 Å². The average Bonchev–Trinajstić information content (AvgIpc) is 3.63. The minimum atomic E-state index is -0.673. The van der Waals surface area contributed by atoms with Gasteiger partial charge in [0.15, 0.2) is 5.82 Å². The molecule has 3 aromatic heterocycles. The highest BCUT2D eigenvalue weighted by atomic mass is 32.1. The van der Waals surface area contributed by atoms with E-state index in [1.165, 1.54) is 11.5 Å². The predicted octanol–water partition coefficient (Wildman–Crippen LogP) is 4.00. The Morgan fingerprint density at radius 3 is 2.86 bits per heavy atom. The summed E-state index contributed by atoms with van der Waals surface area (Å²) in [6.07, 6.45) is 2.50. The number of ether oxygens (including phenoxy) is 1. The van der Waals surface area contributed by atoms with Crippen molar-refractivity contribution in [3.8, 4) is 17.3 Å². The Morgan fingerprint density at radius 1 is 1.24 bits per heavy atom. The summed E-state index contributed by atoms with van der Waals surface area (Å²) in [6, 6.07) is 13.4. The summed E-state index contributed by atoms with van der Waals surface area (Å²) in [5.74, 6) is 1.46. The van der Waals surface area contributed by atoms with Crippen LogP contribution in [0.2, 0.25) is 0 Å². The number of carbonyl (C=O) groups is 1. The van der Waals surface area contributed by atoms with Crippen LogP contribution in [0.5, 0.6) is 5.75 Å². The van der Waals surface area contributed by atoms with E-state index < -0.39 is 12.7 Å². The van der Waals surface area contributed by atoms with E-state index >= 15 is 0 Å². The van der Waals surface area contributed by atoms with Gasteiger partial charge in [-0.15, -0.1) is 0 Å². The van der Waals surface area contributed by atoms with Crippen LogP contribution in [0.25, 0.3) is 33.5 Å². The van der Waals surface area contributed by atoms with Crippen molar-refractivity contribution in [1.29, 1.82) is 0 Å². The smallest absolute Gasteiger partial charge is 0.254 e. The van der Waals surface area contributed by atoms with Gasteiger partial charge in [-0.1, -0.05) is 12.1 Å². The van der Waals surface area contributed by atoms with E-state index in [0.29, 0.717) is 25.1 Å². The zero-order chi connectivity index (χ0) is 25.7. The van der Waals surface area contributed by atoms with Crippen LogP contribution < -0.4 is 10.5 Å². The number of alkyl halides is 1. The van der Waals surface area contributed by atoms with Gasteiger partial charge in [-0.05, 0) is 53.8 Å². The third kappa shape index (κ3) is 3.96. The topological polar surface area (TPSA) is 91.2 Å². The Kier molecular flexibility index (Phi) is 5.92. The van der Waals surface area contributed by atoms with E-state index in [0.717, 1.165) is 49.6 Å². The van der Waals surface area contributed by atoms with Gasteiger partial charge in [0.25, 0.3) is 5.91 Å². The molecule has 0 fully saturated rings. The SMILES string of the molecule is COc1cccc2cc(-c3nc4cc5c(cc4n3C)CCN(C[C@H](N)CF)C5=O)n(Cc3ccns3)c12. The number of nitrogens with zero attached hydrogens (tertiary/aromatic N) is 5. The van der Waals surface area contributed by atoms with Crippen molar-refractivity contribution >= 4 is 39.4 Å². The molecule has 4 heterocycles. The molecule has 1 aliphatic rings. The highest BCUT2D eigenvalue weighted by Gasteiger charge is 2.28. The molecule has 0 saturated carbocycles. The number of fused-ring (bicyclic) bond motifs is 3. The molecule has 1 aliphatic heterocycles. The predicted molar refractivity (Wildman–Crippen MR) is 143 cm³/mol. The zero-order valence-electron chi connectivity index (χ0n) is 20.6. The highest BCUT2D eigenvalue weighted by molar-refractivity contribution is 7.05. The molecule has 8 nitrogen and oxygen atoms in total. The fourth-order valence-corrected chi connectivity index (χ4v) is 5.80. The summed E-state index contributed by atoms with van der Waals surface area (Å²) in [5.41, 5.74) is 11.0. The number of methoxy groups -OCH3 is 1. The first-order valence-electron chi connectivity index (χ1n) is 12.1. The Balaban J connectivity index is 1.49. The van der Waals surface area contributed by atoms with E-state index in [4.69, 9.17) is 15.5 Å². The van der Waals surface area contributed by atoms with Gasteiger partial charge in [0.1, 0.15) is 12.4 Å². The molecule has 0 aliphatic carbocycles. The molecular weight excluding hydrogens is 491 g/mol. The minimum absolute atomic E-state index is 0.122. The molecule has 0 spiro atoms. The van der Waals surface area contributed by atoms with E-state index in [9.17, 15) is 9.18 Å². The number of amides is 1. The molecule has 6 rings (SSSR count). The van der Waals surface area contributed by atoms with Crippen LogP contribution in [-0.2, 0) is 20.0 Å². The van der Waals surface area contributed by atoms with E-state index in [1.54, 1.807) is 12.0 Å². The number of nitrogens with two attached hydrogens (primary N) is 1. The van der Waals surface area contributed by atoms with Crippen molar-refractivity contribution in [1.82, 2.24) is 23.4 Å². The molecule has 37 heavy (non-hydrogen) atoms. The fraction of sp³-hybridized carbons (Fsp3) is 0.296. The second kappa shape index (κ2) is 9.28. The van der Waals surface area contributed by atoms with Crippen molar-refractivity contribution < 1.29 is 13.9 Å². The summed E-state index contributed by atoms with van der Waals surface area (Å²) in [4.78, 5) is 20.9. The standard InChI is InChI=1S/C27H27FN6O2S/c1-32-22-10-16-7-9-33(14-18(29)13-28)27(35)20(16)12-21(22)31-26(32)23-11-17-4-3-5-24(36-2)25(17)34(23)15-19-6-8-30-37-19/h3-6,8,10-12,18H,7,9,13-15,29H2,1-2H3/t18-/m1/s1. The first kappa shape index (κ1) is 23.6. The second-order valence-corrected chi connectivity index (χ2v) is 10.3. The quantitative estimate of drug-likeness (QED) is 0.352. The Labute approximate surface area is 217 Å². The highest BCUT2D eigenvalue weighted by Crippen LogP contribution is 2.36. The van der Waals surface area contributed by atoms with Crippen molar-refractivity contribution in [2.75, 3.05) is 26.9 Å². The largest absolute Gasteiger partial charge is 0.495 e. The van der Waals surface area contributed by atoms with E-state index in [1.807, 2.05) is 37.5 Å². The third-order valence-corrected chi connectivity index (χ3v) is 7.79. The van der Waals surface area contributed by atoms with Gasteiger partial charge in [0, 0.05) is 42.2 Å². The fourth-order valence-electron chi connectivity index (χ4n) is 5.23. The molecule has 190 valence electrons. The molecule has 1 atom stereocenters. The molecule has 0 radical (unpaired) electrons. The summed E-state index contributed by atoms with van der Waals surface area (Å²) < 4.78 is 27.3. The zero-order valence-corrected chi connectivity index (χ0v) is 21.5. The van der Waals surface area contributed by atoms with Crippen molar-refractivity contribution in [2.45, 2.75) is 19.0 Å². The monoisotopic (exact) mass is 518 g/mol. The average molecular weight is 519 g/mol. The number of hydrogen-bond donors (Lipinski definition) is 1. The number of benzene rings is 2. The van der Waals surface area contributed by atoms with Crippen LogP contribution in [0.15, 0.2) is 48.7 Å². The Morgan fingerprint density at radius 2 is 2.11 bits per heavy atom. The summed E-state index contributed by atoms with van der Waals surface area (Å²) in [5, 5.41) is 1.06. The molecule has 0 unspecified atom stereocenters. The van der Waals surface area contributed by atoms with Crippen molar-refractivity contribution in [3.63, 3.8) is 0 Å². The number of para-hydroxylation sites is 1. The van der Waals surface area contributed by atoms with Crippen LogP contribution in [0.3, 0.4) is 0 Å². The van der Waals surface area contributed by atoms with Gasteiger partial charge in [-0.2, -0.15) is 0 Å². The van der Waals surface area contributed by atoms with Crippen molar-refractivity contribution in [3.05, 3.63) is 64.7 Å². The van der Waals surface area contributed by atoms with Gasteiger partial charge < -0.3 is 24.5 Å². The summed E-state index contributed by atoms with van der Waals surface area (Å²) >= 11 is 1.47. The first-order valence-corrected chi connectivity index (χ1v) is 12.9. The molecule has 1 amide bonds. The minimum Gasteiger partial charge on any atom is -0.495 e. The normalized spacial score (nSPS) is 14.5. The Hall–Kier alpha value is -3.76. The lowest BCUT2D eigenvalue weighted by Crippen LogP contribution is -2.45. The molecule has 2 aromatic carbocycles. The van der Waals surface area contributed by atoms with Crippen LogP contribution >= 0.6 is 11.5 Å². The molecular formula is C27H27FN6O2S. The number of aromatic nitrogens is 4.